The molecule has 6 nitrogen and oxygen atoms in total. The molecule has 0 aliphatic rings. The Labute approximate surface area is 119 Å². The average molecular weight is 283 g/mol. The molecule has 0 bridgehead atoms. The highest BCUT2D eigenvalue weighted by molar-refractivity contribution is 5.90. The second-order valence-corrected chi connectivity index (χ2v) is 5.73. The number of nitrogens with zero attached hydrogens (tertiary/aromatic N) is 1. The third-order valence-corrected chi connectivity index (χ3v) is 3.24. The van der Waals surface area contributed by atoms with E-state index < -0.39 is 0 Å². The number of aromatic nitrogens is 1. The van der Waals surface area contributed by atoms with Crippen molar-refractivity contribution in [2.45, 2.75) is 47.0 Å². The summed E-state index contributed by atoms with van der Waals surface area (Å²) in [4.78, 5) is 11.8. The topological polar surface area (TPSA) is 87.4 Å². The summed E-state index contributed by atoms with van der Waals surface area (Å²) in [6.45, 7) is 8.46. The van der Waals surface area contributed by atoms with Crippen molar-refractivity contribution in [3.8, 4) is 0 Å². The van der Waals surface area contributed by atoms with Gasteiger partial charge in [-0.2, -0.15) is 0 Å². The summed E-state index contributed by atoms with van der Waals surface area (Å²) in [5.41, 5.74) is 1.23. The predicted octanol–water partition coefficient (Wildman–Crippen LogP) is 2.47. The molecular formula is C14H25N3O3. The van der Waals surface area contributed by atoms with Gasteiger partial charge in [0.15, 0.2) is 5.76 Å². The SMILES string of the molecule is CCc1onc(C)c1NC(=O)NCCCC(C)(C)CO. The first kappa shape index (κ1) is 16.5. The van der Waals surface area contributed by atoms with Crippen LogP contribution in [-0.4, -0.2) is 29.4 Å². The van der Waals surface area contributed by atoms with E-state index >= 15 is 0 Å². The summed E-state index contributed by atoms with van der Waals surface area (Å²) in [5.74, 6) is 0.680. The van der Waals surface area contributed by atoms with Gasteiger partial charge in [-0.1, -0.05) is 25.9 Å². The lowest BCUT2D eigenvalue weighted by atomic mass is 9.89. The van der Waals surface area contributed by atoms with Gasteiger partial charge in [0.2, 0.25) is 0 Å². The molecule has 1 heterocycles. The largest absolute Gasteiger partial charge is 0.396 e. The number of aliphatic hydroxyl groups excluding tert-OH is 1. The lowest BCUT2D eigenvalue weighted by Gasteiger charge is -2.21. The number of hydrogen-bond acceptors (Lipinski definition) is 4. The van der Waals surface area contributed by atoms with Gasteiger partial charge >= 0.3 is 6.03 Å². The van der Waals surface area contributed by atoms with Crippen LogP contribution in [0.1, 0.15) is 45.1 Å². The minimum Gasteiger partial charge on any atom is -0.396 e. The molecule has 3 N–H and O–H groups in total. The molecule has 0 aliphatic carbocycles. The van der Waals surface area contributed by atoms with E-state index in [1.165, 1.54) is 0 Å². The number of nitrogens with one attached hydrogen (secondary N) is 2. The molecular weight excluding hydrogens is 258 g/mol. The Morgan fingerprint density at radius 2 is 2.15 bits per heavy atom. The van der Waals surface area contributed by atoms with Crippen LogP contribution in [0.4, 0.5) is 10.5 Å². The molecule has 0 fully saturated rings. The predicted molar refractivity (Wildman–Crippen MR) is 77.7 cm³/mol. The number of hydrogen-bond donors (Lipinski definition) is 3. The number of aliphatic hydroxyl groups is 1. The number of amides is 2. The van der Waals surface area contributed by atoms with Gasteiger partial charge in [0.25, 0.3) is 0 Å². The summed E-state index contributed by atoms with van der Waals surface area (Å²) >= 11 is 0. The Morgan fingerprint density at radius 3 is 2.75 bits per heavy atom. The number of rotatable bonds is 7. The smallest absolute Gasteiger partial charge is 0.319 e. The molecule has 20 heavy (non-hydrogen) atoms. The molecule has 0 saturated carbocycles. The lowest BCUT2D eigenvalue weighted by molar-refractivity contribution is 0.148. The molecule has 0 atom stereocenters. The van der Waals surface area contributed by atoms with Gasteiger partial charge in [-0.25, -0.2) is 4.79 Å². The number of aryl methyl sites for hydroxylation is 2. The molecule has 2 amide bonds. The van der Waals surface area contributed by atoms with Crippen molar-refractivity contribution in [2.24, 2.45) is 5.41 Å². The summed E-state index contributed by atoms with van der Waals surface area (Å²) < 4.78 is 5.11. The van der Waals surface area contributed by atoms with Gasteiger partial charge in [-0.3, -0.25) is 0 Å². The summed E-state index contributed by atoms with van der Waals surface area (Å²) in [7, 11) is 0. The second-order valence-electron chi connectivity index (χ2n) is 5.73. The maximum Gasteiger partial charge on any atom is 0.319 e. The molecule has 6 heteroatoms. The van der Waals surface area contributed by atoms with Crippen LogP contribution in [0.3, 0.4) is 0 Å². The highest BCUT2D eigenvalue weighted by Crippen LogP contribution is 2.21. The Balaban J connectivity index is 2.36. The average Bonchev–Trinajstić information content (AvgIpc) is 2.76. The van der Waals surface area contributed by atoms with Crippen LogP contribution in [0.25, 0.3) is 0 Å². The van der Waals surface area contributed by atoms with Crippen LogP contribution in [0, 0.1) is 12.3 Å². The first-order chi connectivity index (χ1) is 9.39. The fourth-order valence-corrected chi connectivity index (χ4v) is 1.82. The van der Waals surface area contributed by atoms with Gasteiger partial charge in [-0.15, -0.1) is 0 Å². The molecule has 114 valence electrons. The van der Waals surface area contributed by atoms with Crippen molar-refractivity contribution in [1.29, 1.82) is 0 Å². The first-order valence-electron chi connectivity index (χ1n) is 7.00. The van der Waals surface area contributed by atoms with E-state index in [0.29, 0.717) is 30.1 Å². The highest BCUT2D eigenvalue weighted by atomic mass is 16.5. The summed E-state index contributed by atoms with van der Waals surface area (Å²) in [6.07, 6.45) is 2.36. The Kier molecular flexibility index (Phi) is 6.01. The quantitative estimate of drug-likeness (QED) is 0.671. The lowest BCUT2D eigenvalue weighted by Crippen LogP contribution is -2.31. The van der Waals surface area contributed by atoms with Crippen LogP contribution < -0.4 is 10.6 Å². The van der Waals surface area contributed by atoms with E-state index in [2.05, 4.69) is 15.8 Å². The molecule has 0 aromatic carbocycles. The van der Waals surface area contributed by atoms with Gasteiger partial charge in [0, 0.05) is 19.6 Å². The van der Waals surface area contributed by atoms with Crippen LogP contribution in [0.15, 0.2) is 4.52 Å². The van der Waals surface area contributed by atoms with Gasteiger partial charge in [0.1, 0.15) is 11.4 Å². The van der Waals surface area contributed by atoms with Crippen molar-refractivity contribution >= 4 is 11.7 Å². The van der Waals surface area contributed by atoms with Crippen LogP contribution in [0.2, 0.25) is 0 Å². The molecule has 0 aliphatic heterocycles. The minimum absolute atomic E-state index is 0.0986. The molecule has 0 spiro atoms. The zero-order valence-corrected chi connectivity index (χ0v) is 12.7. The van der Waals surface area contributed by atoms with E-state index in [1.54, 1.807) is 6.92 Å². The van der Waals surface area contributed by atoms with E-state index in [9.17, 15) is 4.79 Å². The van der Waals surface area contributed by atoms with Gasteiger partial charge in [0.05, 0.1) is 0 Å². The van der Waals surface area contributed by atoms with Crippen molar-refractivity contribution in [1.82, 2.24) is 10.5 Å². The second kappa shape index (κ2) is 7.28. The van der Waals surface area contributed by atoms with Crippen LogP contribution in [0.5, 0.6) is 0 Å². The number of urea groups is 1. The van der Waals surface area contributed by atoms with Gasteiger partial charge in [-0.05, 0) is 25.2 Å². The highest BCUT2D eigenvalue weighted by Gasteiger charge is 2.16. The van der Waals surface area contributed by atoms with E-state index in [4.69, 9.17) is 9.63 Å². The maximum absolute atomic E-state index is 11.8. The van der Waals surface area contributed by atoms with Gasteiger partial charge < -0.3 is 20.3 Å². The van der Waals surface area contributed by atoms with E-state index in [-0.39, 0.29) is 18.1 Å². The fourth-order valence-electron chi connectivity index (χ4n) is 1.82. The number of carbonyl (C=O) groups is 1. The Hall–Kier alpha value is -1.56. The molecule has 1 aromatic heterocycles. The Bertz CT molecular complexity index is 441. The number of anilines is 1. The molecule has 1 rings (SSSR count). The summed E-state index contributed by atoms with van der Waals surface area (Å²) in [5, 5.41) is 18.5. The zero-order valence-electron chi connectivity index (χ0n) is 12.7. The third-order valence-electron chi connectivity index (χ3n) is 3.24. The molecule has 0 saturated heterocycles. The molecule has 1 aromatic rings. The third kappa shape index (κ3) is 4.85. The van der Waals surface area contributed by atoms with Crippen molar-refractivity contribution < 1.29 is 14.4 Å². The molecule has 0 radical (unpaired) electrons. The normalized spacial score (nSPS) is 11.4. The fraction of sp³-hybridized carbons (Fsp3) is 0.714. The maximum atomic E-state index is 11.8. The standard InChI is InChI=1S/C14H25N3O3/c1-5-11-12(10(2)17-20-11)16-13(19)15-8-6-7-14(3,4)9-18/h18H,5-9H2,1-4H3,(H2,15,16,19). The summed E-state index contributed by atoms with van der Waals surface area (Å²) in [6, 6.07) is -0.257. The van der Waals surface area contributed by atoms with Crippen LogP contribution in [-0.2, 0) is 6.42 Å². The van der Waals surface area contributed by atoms with Crippen molar-refractivity contribution in [2.75, 3.05) is 18.5 Å². The van der Waals surface area contributed by atoms with E-state index in [1.807, 2.05) is 20.8 Å². The first-order valence-corrected chi connectivity index (χ1v) is 7.00. The monoisotopic (exact) mass is 283 g/mol. The zero-order chi connectivity index (χ0) is 15.2. The van der Waals surface area contributed by atoms with E-state index in [0.717, 1.165) is 12.8 Å². The van der Waals surface area contributed by atoms with Crippen molar-refractivity contribution in [3.63, 3.8) is 0 Å². The number of carbonyl (C=O) groups excluding carboxylic acids is 1. The van der Waals surface area contributed by atoms with Crippen LogP contribution >= 0.6 is 0 Å². The van der Waals surface area contributed by atoms with Crippen molar-refractivity contribution in [3.05, 3.63) is 11.5 Å². The molecule has 0 unspecified atom stereocenters. The minimum atomic E-state index is -0.257. The Morgan fingerprint density at radius 1 is 1.45 bits per heavy atom.